The van der Waals surface area contributed by atoms with Gasteiger partial charge in [-0.3, -0.25) is 0 Å². The summed E-state index contributed by atoms with van der Waals surface area (Å²) in [6, 6.07) is 9.26. The van der Waals surface area contributed by atoms with E-state index in [-0.39, 0.29) is 19.0 Å². The Labute approximate surface area is 123 Å². The Kier molecular flexibility index (Phi) is 5.05. The molecule has 1 heterocycles. The van der Waals surface area contributed by atoms with Crippen molar-refractivity contribution in [1.82, 2.24) is 14.9 Å². The van der Waals surface area contributed by atoms with Crippen molar-refractivity contribution in [3.05, 3.63) is 36.2 Å². The normalized spacial score (nSPS) is 13.2. The minimum atomic E-state index is -3.47. The SMILES string of the molecule is COC[C@H](C)S(=O)(=O)NCc1noc(-c2ccccc2)n1. The molecule has 21 heavy (non-hydrogen) atoms. The first-order chi connectivity index (χ1) is 10.0. The number of nitrogens with one attached hydrogen (secondary N) is 1. The molecule has 0 bridgehead atoms. The Morgan fingerprint density at radius 3 is 2.71 bits per heavy atom. The maximum atomic E-state index is 11.9. The van der Waals surface area contributed by atoms with Crippen LogP contribution in [0.1, 0.15) is 12.7 Å². The van der Waals surface area contributed by atoms with Gasteiger partial charge in [-0.1, -0.05) is 23.4 Å². The summed E-state index contributed by atoms with van der Waals surface area (Å²) in [4.78, 5) is 4.15. The standard InChI is InChI=1S/C13H17N3O4S/c1-10(9-19-2)21(17,18)14-8-12-15-13(20-16-12)11-6-4-3-5-7-11/h3-7,10,14H,8-9H2,1-2H3/t10-/m0/s1. The molecule has 0 fully saturated rings. The molecular weight excluding hydrogens is 294 g/mol. The number of benzene rings is 1. The minimum absolute atomic E-state index is 0.0211. The first kappa shape index (κ1) is 15.6. The van der Waals surface area contributed by atoms with Gasteiger partial charge in [0, 0.05) is 12.7 Å². The second kappa shape index (κ2) is 6.79. The number of ether oxygens (including phenoxy) is 1. The summed E-state index contributed by atoms with van der Waals surface area (Å²) in [5, 5.41) is 3.11. The lowest BCUT2D eigenvalue weighted by molar-refractivity contribution is 0.200. The first-order valence-corrected chi connectivity index (χ1v) is 7.93. The van der Waals surface area contributed by atoms with E-state index in [1.807, 2.05) is 30.3 Å². The number of hydrogen-bond acceptors (Lipinski definition) is 6. The van der Waals surface area contributed by atoms with Gasteiger partial charge in [0.15, 0.2) is 5.82 Å². The minimum Gasteiger partial charge on any atom is -0.383 e. The van der Waals surface area contributed by atoms with Crippen molar-refractivity contribution in [3.63, 3.8) is 0 Å². The highest BCUT2D eigenvalue weighted by molar-refractivity contribution is 7.90. The van der Waals surface area contributed by atoms with E-state index in [0.29, 0.717) is 5.89 Å². The third kappa shape index (κ3) is 4.10. The van der Waals surface area contributed by atoms with Gasteiger partial charge in [0.05, 0.1) is 18.4 Å². The second-order valence-electron chi connectivity index (χ2n) is 4.51. The molecule has 0 radical (unpaired) electrons. The summed E-state index contributed by atoms with van der Waals surface area (Å²) < 4.78 is 36.2. The largest absolute Gasteiger partial charge is 0.383 e. The predicted molar refractivity (Wildman–Crippen MR) is 76.8 cm³/mol. The molecule has 0 spiro atoms. The molecule has 0 aliphatic heterocycles. The third-order valence-electron chi connectivity index (χ3n) is 2.85. The van der Waals surface area contributed by atoms with Gasteiger partial charge in [-0.2, -0.15) is 4.98 Å². The topological polar surface area (TPSA) is 94.3 Å². The lowest BCUT2D eigenvalue weighted by Crippen LogP contribution is -2.35. The molecule has 1 atom stereocenters. The van der Waals surface area contributed by atoms with Crippen LogP contribution in [0.5, 0.6) is 0 Å². The molecule has 0 aliphatic rings. The fourth-order valence-corrected chi connectivity index (χ4v) is 2.59. The molecule has 8 heteroatoms. The van der Waals surface area contributed by atoms with Crippen LogP contribution >= 0.6 is 0 Å². The van der Waals surface area contributed by atoms with E-state index in [4.69, 9.17) is 9.26 Å². The third-order valence-corrected chi connectivity index (χ3v) is 4.59. The summed E-state index contributed by atoms with van der Waals surface area (Å²) in [6.45, 7) is 1.67. The number of nitrogens with zero attached hydrogens (tertiary/aromatic N) is 2. The quantitative estimate of drug-likeness (QED) is 0.825. The molecular formula is C13H17N3O4S. The van der Waals surface area contributed by atoms with Gasteiger partial charge in [0.25, 0.3) is 5.89 Å². The van der Waals surface area contributed by atoms with Gasteiger partial charge < -0.3 is 9.26 Å². The van der Waals surface area contributed by atoms with Crippen LogP contribution in [0, 0.1) is 0 Å². The maximum Gasteiger partial charge on any atom is 0.257 e. The highest BCUT2D eigenvalue weighted by Gasteiger charge is 2.21. The van der Waals surface area contributed by atoms with Crippen LogP contribution in [0.15, 0.2) is 34.9 Å². The van der Waals surface area contributed by atoms with Crippen molar-refractivity contribution in [3.8, 4) is 11.5 Å². The molecule has 1 aromatic carbocycles. The second-order valence-corrected chi connectivity index (χ2v) is 6.70. The fraction of sp³-hybridized carbons (Fsp3) is 0.385. The van der Waals surface area contributed by atoms with E-state index in [2.05, 4.69) is 14.9 Å². The molecule has 0 amide bonds. The van der Waals surface area contributed by atoms with Crippen molar-refractivity contribution >= 4 is 10.0 Å². The summed E-state index contributed by atoms with van der Waals surface area (Å²) in [6.07, 6.45) is 0. The zero-order valence-corrected chi connectivity index (χ0v) is 12.6. The lowest BCUT2D eigenvalue weighted by Gasteiger charge is -2.11. The number of sulfonamides is 1. The van der Waals surface area contributed by atoms with Crippen LogP contribution in [0.4, 0.5) is 0 Å². The van der Waals surface area contributed by atoms with Gasteiger partial charge >= 0.3 is 0 Å². The van der Waals surface area contributed by atoms with Gasteiger partial charge in [0.1, 0.15) is 0 Å². The first-order valence-electron chi connectivity index (χ1n) is 6.38. The molecule has 2 rings (SSSR count). The van der Waals surface area contributed by atoms with Gasteiger partial charge in [-0.05, 0) is 19.1 Å². The summed E-state index contributed by atoms with van der Waals surface area (Å²) in [7, 11) is -2.02. The number of hydrogen-bond donors (Lipinski definition) is 1. The van der Waals surface area contributed by atoms with E-state index in [0.717, 1.165) is 5.56 Å². The van der Waals surface area contributed by atoms with Crippen LogP contribution in [0.2, 0.25) is 0 Å². The van der Waals surface area contributed by atoms with Crippen molar-refractivity contribution in [2.45, 2.75) is 18.7 Å². The molecule has 114 valence electrons. The molecule has 0 unspecified atom stereocenters. The molecule has 1 N–H and O–H groups in total. The number of rotatable bonds is 7. The van der Waals surface area contributed by atoms with E-state index < -0.39 is 15.3 Å². The van der Waals surface area contributed by atoms with Gasteiger partial charge in [-0.25, -0.2) is 13.1 Å². The van der Waals surface area contributed by atoms with E-state index in [1.165, 1.54) is 7.11 Å². The van der Waals surface area contributed by atoms with E-state index >= 15 is 0 Å². The summed E-state index contributed by atoms with van der Waals surface area (Å²) in [5.74, 6) is 0.636. The van der Waals surface area contributed by atoms with Crippen LogP contribution in [-0.2, 0) is 21.3 Å². The fourth-order valence-electron chi connectivity index (χ4n) is 1.66. The highest BCUT2D eigenvalue weighted by Crippen LogP contribution is 2.16. The monoisotopic (exact) mass is 311 g/mol. The zero-order valence-electron chi connectivity index (χ0n) is 11.8. The maximum absolute atomic E-state index is 11.9. The number of methoxy groups -OCH3 is 1. The van der Waals surface area contributed by atoms with E-state index in [9.17, 15) is 8.42 Å². The lowest BCUT2D eigenvalue weighted by atomic mass is 10.2. The average molecular weight is 311 g/mol. The Morgan fingerprint density at radius 2 is 2.05 bits per heavy atom. The average Bonchev–Trinajstić information content (AvgIpc) is 2.95. The van der Waals surface area contributed by atoms with Crippen LogP contribution < -0.4 is 4.72 Å². The molecule has 0 aliphatic carbocycles. The molecule has 2 aromatic rings. The summed E-state index contributed by atoms with van der Waals surface area (Å²) >= 11 is 0. The van der Waals surface area contributed by atoms with Crippen LogP contribution in [-0.4, -0.2) is 37.5 Å². The Morgan fingerprint density at radius 1 is 1.33 bits per heavy atom. The molecule has 0 saturated carbocycles. The smallest absolute Gasteiger partial charge is 0.257 e. The van der Waals surface area contributed by atoms with Crippen LogP contribution in [0.3, 0.4) is 0 Å². The van der Waals surface area contributed by atoms with Crippen LogP contribution in [0.25, 0.3) is 11.5 Å². The predicted octanol–water partition coefficient (Wildman–Crippen LogP) is 1.19. The Bertz CT molecular complexity index is 670. The molecule has 1 aromatic heterocycles. The highest BCUT2D eigenvalue weighted by atomic mass is 32.2. The molecule has 7 nitrogen and oxygen atoms in total. The van der Waals surface area contributed by atoms with Crippen molar-refractivity contribution in [1.29, 1.82) is 0 Å². The number of aromatic nitrogens is 2. The van der Waals surface area contributed by atoms with Crippen molar-refractivity contribution < 1.29 is 17.7 Å². The Hall–Kier alpha value is -1.77. The van der Waals surface area contributed by atoms with Gasteiger partial charge in [-0.15, -0.1) is 0 Å². The van der Waals surface area contributed by atoms with Gasteiger partial charge in [0.2, 0.25) is 10.0 Å². The zero-order chi connectivity index (χ0) is 15.3. The molecule has 0 saturated heterocycles. The van der Waals surface area contributed by atoms with E-state index in [1.54, 1.807) is 6.92 Å². The summed E-state index contributed by atoms with van der Waals surface area (Å²) in [5.41, 5.74) is 0.784. The van der Waals surface area contributed by atoms with Crippen molar-refractivity contribution in [2.24, 2.45) is 0 Å². The Balaban J connectivity index is 2.01. The van der Waals surface area contributed by atoms with Crippen molar-refractivity contribution in [2.75, 3.05) is 13.7 Å².